The van der Waals surface area contributed by atoms with Gasteiger partial charge in [0.15, 0.2) is 0 Å². The Morgan fingerprint density at radius 1 is 0.379 bits per heavy atom. The molecule has 0 amide bonds. The van der Waals surface area contributed by atoms with E-state index in [1.165, 1.54) is 0 Å². The predicted molar refractivity (Wildman–Crippen MR) is 246 cm³/mol. The van der Waals surface area contributed by atoms with E-state index in [1.807, 2.05) is 48.5 Å². The van der Waals surface area contributed by atoms with Crippen molar-refractivity contribution in [2.45, 2.75) is 25.0 Å². The first kappa shape index (κ1) is 42.2. The van der Waals surface area contributed by atoms with Crippen LogP contribution in [0.15, 0.2) is 146 Å². The van der Waals surface area contributed by atoms with E-state index in [1.54, 1.807) is 97.1 Å². The smallest absolute Gasteiger partial charge is 0.343 e. The molecule has 330 valence electrons. The van der Waals surface area contributed by atoms with Gasteiger partial charge in [0.1, 0.15) is 48.4 Å². The fraction of sp³-hybridized carbons (Fsp3) is 0.185. The van der Waals surface area contributed by atoms with Gasteiger partial charge in [-0.2, -0.15) is 0 Å². The maximum absolute atomic E-state index is 13.0. The van der Waals surface area contributed by atoms with E-state index in [9.17, 15) is 19.2 Å². The molecule has 0 radical (unpaired) electrons. The Bertz CT molecular complexity index is 2960. The Labute approximate surface area is 378 Å². The topological polar surface area (TPSA) is 149 Å². The molecule has 0 spiro atoms. The highest BCUT2D eigenvalue weighted by Crippen LogP contribution is 2.29. The first-order valence-corrected chi connectivity index (χ1v) is 21.7. The van der Waals surface area contributed by atoms with Gasteiger partial charge in [-0.15, -0.1) is 0 Å². The molecular formula is C54H42O12. The van der Waals surface area contributed by atoms with Gasteiger partial charge in [0.25, 0.3) is 0 Å². The number of hydrogen-bond donors (Lipinski definition) is 0. The molecule has 0 aromatic heterocycles. The highest BCUT2D eigenvalue weighted by molar-refractivity contribution is 6.00. The van der Waals surface area contributed by atoms with Crippen LogP contribution in [0.2, 0.25) is 0 Å². The van der Waals surface area contributed by atoms with Gasteiger partial charge in [0.05, 0.1) is 48.7 Å². The second kappa shape index (κ2) is 18.7. The van der Waals surface area contributed by atoms with E-state index in [-0.39, 0.29) is 25.4 Å². The summed E-state index contributed by atoms with van der Waals surface area (Å²) in [6.07, 6.45) is 1.33. The van der Waals surface area contributed by atoms with Crippen molar-refractivity contribution in [1.82, 2.24) is 0 Å². The third kappa shape index (κ3) is 10.3. The molecule has 2 aliphatic heterocycles. The van der Waals surface area contributed by atoms with E-state index < -0.39 is 23.9 Å². The van der Waals surface area contributed by atoms with Crippen LogP contribution in [0.3, 0.4) is 0 Å². The molecule has 8 aromatic carbocycles. The molecule has 2 atom stereocenters. The molecular weight excluding hydrogens is 841 g/mol. The number of hydrogen-bond acceptors (Lipinski definition) is 12. The van der Waals surface area contributed by atoms with Crippen LogP contribution in [-0.4, -0.2) is 75.7 Å². The monoisotopic (exact) mass is 882 g/mol. The van der Waals surface area contributed by atoms with Crippen LogP contribution in [0.4, 0.5) is 0 Å². The second-order valence-electron chi connectivity index (χ2n) is 16.2. The summed E-state index contributed by atoms with van der Waals surface area (Å²) in [7, 11) is 0. The highest BCUT2D eigenvalue weighted by atomic mass is 16.6. The van der Waals surface area contributed by atoms with Gasteiger partial charge < -0.3 is 37.9 Å². The number of epoxide rings is 2. The van der Waals surface area contributed by atoms with Gasteiger partial charge in [-0.05, 0) is 153 Å². The molecule has 66 heavy (non-hydrogen) atoms. The quantitative estimate of drug-likeness (QED) is 0.0371. The van der Waals surface area contributed by atoms with Crippen LogP contribution in [0, 0.1) is 0 Å². The number of rotatable bonds is 17. The lowest BCUT2D eigenvalue weighted by atomic mass is 10.1. The largest absolute Gasteiger partial charge is 0.491 e. The van der Waals surface area contributed by atoms with Crippen molar-refractivity contribution in [1.29, 1.82) is 0 Å². The molecule has 8 aromatic rings. The Balaban J connectivity index is 0.654. The average molecular weight is 883 g/mol. The average Bonchev–Trinajstić information content (AvgIpc) is 4.30. The summed E-state index contributed by atoms with van der Waals surface area (Å²) in [6, 6.07) is 43.0. The first-order chi connectivity index (χ1) is 32.3. The normalized spacial score (nSPS) is 15.0. The van der Waals surface area contributed by atoms with E-state index in [2.05, 4.69) is 0 Å². The minimum atomic E-state index is -0.483. The number of unbranched alkanes of at least 4 members (excludes halogenated alkanes) is 1. The molecule has 0 N–H and O–H groups in total. The Morgan fingerprint density at radius 3 is 1.02 bits per heavy atom. The molecule has 0 bridgehead atoms. The number of fused-ring (bicyclic) bond motifs is 4. The maximum Gasteiger partial charge on any atom is 0.343 e. The van der Waals surface area contributed by atoms with Crippen LogP contribution in [0.5, 0.6) is 23.0 Å². The molecule has 0 aliphatic carbocycles. The third-order valence-electron chi connectivity index (χ3n) is 11.3. The van der Waals surface area contributed by atoms with Crippen molar-refractivity contribution in [2.24, 2.45) is 0 Å². The standard InChI is InChI=1S/C54H42O12/c55-51(41-7-3-39-27-47(17-13-35(39)21-41)65-53(57)43-9-5-37-25-45(15-11-33(37)23-43)61-29-49-31-63-49)59-19-1-2-20-60-52(56)42-8-4-40-28-48(18-14-36(40)22-42)66-54(58)44-10-6-38-26-46(16-12-34(38)24-44)62-30-50-32-64-50/h3-18,21-28,49-50H,1-2,19-20,29-32H2. The van der Waals surface area contributed by atoms with Crippen molar-refractivity contribution < 1.29 is 57.1 Å². The van der Waals surface area contributed by atoms with Crippen LogP contribution in [0.25, 0.3) is 43.1 Å². The van der Waals surface area contributed by atoms with Gasteiger partial charge >= 0.3 is 23.9 Å². The summed E-state index contributed by atoms with van der Waals surface area (Å²) in [5, 5.41) is 6.81. The number of carbonyl (C=O) groups is 4. The zero-order chi connectivity index (χ0) is 45.0. The molecule has 10 rings (SSSR count). The molecule has 12 nitrogen and oxygen atoms in total. The zero-order valence-electron chi connectivity index (χ0n) is 35.6. The van der Waals surface area contributed by atoms with Crippen LogP contribution in [0.1, 0.15) is 54.3 Å². The number of benzene rings is 8. The lowest BCUT2D eigenvalue weighted by Gasteiger charge is -2.10. The molecule has 2 heterocycles. The van der Waals surface area contributed by atoms with Crippen molar-refractivity contribution in [3.63, 3.8) is 0 Å². The minimum Gasteiger partial charge on any atom is -0.491 e. The zero-order valence-corrected chi connectivity index (χ0v) is 35.6. The summed E-state index contributed by atoms with van der Waals surface area (Å²) >= 11 is 0. The Hall–Kier alpha value is -7.80. The van der Waals surface area contributed by atoms with Crippen molar-refractivity contribution >= 4 is 67.0 Å². The number of ether oxygens (including phenoxy) is 8. The van der Waals surface area contributed by atoms with Crippen LogP contribution in [-0.2, 0) is 18.9 Å². The minimum absolute atomic E-state index is 0.152. The molecule has 2 aliphatic rings. The summed E-state index contributed by atoms with van der Waals surface area (Å²) < 4.78 is 44.3. The van der Waals surface area contributed by atoms with Crippen LogP contribution >= 0.6 is 0 Å². The number of esters is 4. The fourth-order valence-corrected chi connectivity index (χ4v) is 7.45. The van der Waals surface area contributed by atoms with E-state index in [4.69, 9.17) is 37.9 Å². The van der Waals surface area contributed by atoms with Gasteiger partial charge in [0, 0.05) is 0 Å². The highest BCUT2D eigenvalue weighted by Gasteiger charge is 2.24. The van der Waals surface area contributed by atoms with Gasteiger partial charge in [-0.25, -0.2) is 19.2 Å². The predicted octanol–water partition coefficient (Wildman–Crippen LogP) is 10.1. The first-order valence-electron chi connectivity index (χ1n) is 21.7. The van der Waals surface area contributed by atoms with Crippen molar-refractivity contribution in [3.05, 3.63) is 168 Å². The molecule has 12 heteroatoms. The summed E-state index contributed by atoms with van der Waals surface area (Å²) in [4.78, 5) is 51.8. The SMILES string of the molecule is O=C(OCCCCOC(=O)c1ccc2cc(OC(=O)c3ccc4cc(OCC5CO5)ccc4c3)ccc2c1)c1ccc2cc(OC(=O)c3ccc4cc(OCC5CO5)ccc4c3)ccc2c1. The second-order valence-corrected chi connectivity index (χ2v) is 16.2. The summed E-state index contributed by atoms with van der Waals surface area (Å²) in [5.41, 5.74) is 1.61. The van der Waals surface area contributed by atoms with E-state index in [0.29, 0.717) is 59.8 Å². The fourth-order valence-electron chi connectivity index (χ4n) is 7.45. The maximum atomic E-state index is 13.0. The van der Waals surface area contributed by atoms with E-state index >= 15 is 0 Å². The lowest BCUT2D eigenvalue weighted by Crippen LogP contribution is -2.09. The lowest BCUT2D eigenvalue weighted by molar-refractivity contribution is 0.0432. The molecule has 2 saturated heterocycles. The Kier molecular flexibility index (Phi) is 12.0. The van der Waals surface area contributed by atoms with Crippen molar-refractivity contribution in [3.8, 4) is 23.0 Å². The molecule has 2 fully saturated rings. The van der Waals surface area contributed by atoms with Gasteiger partial charge in [-0.1, -0.05) is 48.5 Å². The van der Waals surface area contributed by atoms with Gasteiger partial charge in [0.2, 0.25) is 0 Å². The van der Waals surface area contributed by atoms with Crippen molar-refractivity contribution in [2.75, 3.05) is 39.6 Å². The van der Waals surface area contributed by atoms with E-state index in [0.717, 1.165) is 67.8 Å². The number of carbonyl (C=O) groups excluding carboxylic acids is 4. The van der Waals surface area contributed by atoms with Gasteiger partial charge in [-0.3, -0.25) is 0 Å². The molecule has 2 unspecified atom stereocenters. The summed E-state index contributed by atoms with van der Waals surface area (Å²) in [6.45, 7) is 2.80. The summed E-state index contributed by atoms with van der Waals surface area (Å²) in [5.74, 6) is 0.339. The third-order valence-corrected chi connectivity index (χ3v) is 11.3. The molecule has 0 saturated carbocycles. The van der Waals surface area contributed by atoms with Crippen LogP contribution < -0.4 is 18.9 Å². The Morgan fingerprint density at radius 2 is 0.667 bits per heavy atom.